The predicted octanol–water partition coefficient (Wildman–Crippen LogP) is 7.24. The number of nitrogens with zero attached hydrogens (tertiary/aromatic N) is 3. The fourth-order valence-corrected chi connectivity index (χ4v) is 7.72. The fraction of sp³-hybridized carbons (Fsp3) is 0.525. The third-order valence-electron chi connectivity index (χ3n) is 10.7. The zero-order valence-corrected chi connectivity index (χ0v) is 29.7. The van der Waals surface area contributed by atoms with Crippen molar-refractivity contribution in [3.05, 3.63) is 59.8 Å². The lowest BCUT2D eigenvalue weighted by Gasteiger charge is -2.25. The van der Waals surface area contributed by atoms with Crippen molar-refractivity contribution in [1.29, 1.82) is 0 Å². The van der Waals surface area contributed by atoms with Gasteiger partial charge < -0.3 is 19.1 Å². The number of pyridine rings is 2. The summed E-state index contributed by atoms with van der Waals surface area (Å²) in [4.78, 5) is 53.2. The summed E-state index contributed by atoms with van der Waals surface area (Å²) in [6.07, 6.45) is 7.97. The zero-order chi connectivity index (χ0) is 34.9. The number of benzene rings is 1. The number of hydrogen-bond acceptors (Lipinski definition) is 8. The van der Waals surface area contributed by atoms with Crippen LogP contribution >= 0.6 is 0 Å². The summed E-state index contributed by atoms with van der Waals surface area (Å²) < 4.78 is 17.9. The molecule has 1 unspecified atom stereocenters. The van der Waals surface area contributed by atoms with Gasteiger partial charge in [0.15, 0.2) is 0 Å². The molecule has 1 aliphatic heterocycles. The third kappa shape index (κ3) is 6.94. The molecule has 260 valence electrons. The Morgan fingerprint density at radius 1 is 1.04 bits per heavy atom. The van der Waals surface area contributed by atoms with Crippen LogP contribution in [-0.4, -0.2) is 65.9 Å². The highest BCUT2D eigenvalue weighted by molar-refractivity contribution is 5.95. The van der Waals surface area contributed by atoms with E-state index >= 15 is 0 Å². The molecule has 0 bridgehead atoms. The van der Waals surface area contributed by atoms with E-state index in [1.807, 2.05) is 50.4 Å². The summed E-state index contributed by atoms with van der Waals surface area (Å²) in [6.45, 7) is 8.89. The van der Waals surface area contributed by atoms with Gasteiger partial charge in [-0.2, -0.15) is 0 Å². The van der Waals surface area contributed by atoms with Gasteiger partial charge in [-0.05, 0) is 88.5 Å². The minimum atomic E-state index is -0.851. The highest BCUT2D eigenvalue weighted by Gasteiger charge is 2.61. The van der Waals surface area contributed by atoms with Gasteiger partial charge in [0.2, 0.25) is 5.91 Å². The SMILES string of the molecule is CCOC(=O)[C@]12CC(=O)[C@@H]3C[C@@H](Oc4cc(-c5cccc(C(C)C)n5)nc5c(C)c(OC)ccc45)CC3C(=O)N(C)CCCC/C=C\[C@@H]1C2. The molecule has 2 aromatic heterocycles. The maximum atomic E-state index is 14.2. The van der Waals surface area contributed by atoms with E-state index < -0.39 is 23.4 Å². The molecule has 9 heteroatoms. The number of rotatable bonds is 7. The molecule has 2 aliphatic carbocycles. The summed E-state index contributed by atoms with van der Waals surface area (Å²) in [7, 11) is 3.47. The van der Waals surface area contributed by atoms with E-state index in [4.69, 9.17) is 24.2 Å². The first-order valence-corrected chi connectivity index (χ1v) is 17.8. The van der Waals surface area contributed by atoms with Crippen LogP contribution in [0.3, 0.4) is 0 Å². The molecule has 2 saturated carbocycles. The predicted molar refractivity (Wildman–Crippen MR) is 188 cm³/mol. The van der Waals surface area contributed by atoms with Crippen molar-refractivity contribution in [1.82, 2.24) is 14.9 Å². The number of methoxy groups -OCH3 is 1. The molecule has 5 atom stereocenters. The lowest BCUT2D eigenvalue weighted by molar-refractivity contribution is -0.152. The van der Waals surface area contributed by atoms with E-state index in [0.29, 0.717) is 37.3 Å². The fourth-order valence-electron chi connectivity index (χ4n) is 7.72. The average Bonchev–Trinajstić information content (AvgIpc) is 3.62. The van der Waals surface area contributed by atoms with E-state index in [-0.39, 0.29) is 42.5 Å². The molecule has 49 heavy (non-hydrogen) atoms. The van der Waals surface area contributed by atoms with Gasteiger partial charge in [0.1, 0.15) is 23.4 Å². The molecule has 2 fully saturated rings. The summed E-state index contributed by atoms with van der Waals surface area (Å²) in [5, 5.41) is 0.823. The number of Topliss-reactive ketones (excluding diaryl/α,β-unsaturated/α-hetero) is 1. The summed E-state index contributed by atoms with van der Waals surface area (Å²) in [6, 6.07) is 11.7. The Morgan fingerprint density at radius 2 is 1.84 bits per heavy atom. The van der Waals surface area contributed by atoms with Crippen LogP contribution in [0, 0.1) is 30.1 Å². The summed E-state index contributed by atoms with van der Waals surface area (Å²) in [5.41, 5.74) is 3.16. The van der Waals surface area contributed by atoms with E-state index in [1.165, 1.54) is 0 Å². The Morgan fingerprint density at radius 3 is 2.59 bits per heavy atom. The molecule has 1 aromatic carbocycles. The van der Waals surface area contributed by atoms with Gasteiger partial charge in [-0.1, -0.05) is 32.1 Å². The molecule has 0 spiro atoms. The van der Waals surface area contributed by atoms with E-state index in [1.54, 1.807) is 18.9 Å². The first-order chi connectivity index (χ1) is 23.6. The number of carbonyl (C=O) groups is 3. The molecule has 6 rings (SSSR count). The number of ketones is 1. The third-order valence-corrected chi connectivity index (χ3v) is 10.7. The largest absolute Gasteiger partial charge is 0.496 e. The van der Waals surface area contributed by atoms with Crippen molar-refractivity contribution in [3.63, 3.8) is 0 Å². The van der Waals surface area contributed by atoms with E-state index in [2.05, 4.69) is 26.0 Å². The minimum Gasteiger partial charge on any atom is -0.496 e. The number of amides is 1. The van der Waals surface area contributed by atoms with Crippen LogP contribution in [0.25, 0.3) is 22.3 Å². The van der Waals surface area contributed by atoms with Crippen LogP contribution in [-0.2, 0) is 19.1 Å². The quantitative estimate of drug-likeness (QED) is 0.192. The molecular formula is C40H49N3O6. The Kier molecular flexibility index (Phi) is 10.1. The lowest BCUT2D eigenvalue weighted by Crippen LogP contribution is -2.38. The monoisotopic (exact) mass is 667 g/mol. The van der Waals surface area contributed by atoms with Gasteiger partial charge in [0.05, 0.1) is 42.0 Å². The van der Waals surface area contributed by atoms with Crippen LogP contribution in [0.15, 0.2) is 48.6 Å². The van der Waals surface area contributed by atoms with Crippen molar-refractivity contribution in [2.45, 2.75) is 84.7 Å². The van der Waals surface area contributed by atoms with Gasteiger partial charge >= 0.3 is 5.97 Å². The first-order valence-electron chi connectivity index (χ1n) is 17.8. The number of allylic oxidation sites excluding steroid dienone is 2. The summed E-state index contributed by atoms with van der Waals surface area (Å²) >= 11 is 0. The Hall–Kier alpha value is -4.27. The normalized spacial score (nSPS) is 26.6. The number of carbonyl (C=O) groups excluding carboxylic acids is 3. The van der Waals surface area contributed by atoms with E-state index in [9.17, 15) is 14.4 Å². The highest BCUT2D eigenvalue weighted by atomic mass is 16.5. The lowest BCUT2D eigenvalue weighted by atomic mass is 9.84. The summed E-state index contributed by atoms with van der Waals surface area (Å²) in [5.74, 6) is 0.0816. The van der Waals surface area contributed by atoms with Gasteiger partial charge in [0.25, 0.3) is 0 Å². The Bertz CT molecular complexity index is 1770. The first kappa shape index (κ1) is 34.6. The van der Waals surface area contributed by atoms with Crippen LogP contribution in [0.1, 0.15) is 82.9 Å². The smallest absolute Gasteiger partial charge is 0.313 e. The van der Waals surface area contributed by atoms with Crippen molar-refractivity contribution in [2.24, 2.45) is 23.2 Å². The molecule has 9 nitrogen and oxygen atoms in total. The van der Waals surface area contributed by atoms with Crippen molar-refractivity contribution in [2.75, 3.05) is 27.3 Å². The molecule has 0 N–H and O–H groups in total. The molecule has 3 heterocycles. The number of esters is 1. The maximum Gasteiger partial charge on any atom is 0.313 e. The van der Waals surface area contributed by atoms with Crippen LogP contribution < -0.4 is 9.47 Å². The highest BCUT2D eigenvalue weighted by Crippen LogP contribution is 2.58. The van der Waals surface area contributed by atoms with Crippen LogP contribution in [0.5, 0.6) is 11.5 Å². The molecular weight excluding hydrogens is 618 g/mol. The minimum absolute atomic E-state index is 0.0200. The Balaban J connectivity index is 1.36. The zero-order valence-electron chi connectivity index (χ0n) is 29.7. The average molecular weight is 668 g/mol. The molecule has 3 aliphatic rings. The number of ether oxygens (including phenoxy) is 3. The van der Waals surface area contributed by atoms with Gasteiger partial charge in [-0.25, -0.2) is 4.98 Å². The second kappa shape index (κ2) is 14.3. The number of hydrogen-bond donors (Lipinski definition) is 0. The Labute approximate surface area is 289 Å². The van der Waals surface area contributed by atoms with E-state index in [0.717, 1.165) is 52.9 Å². The topological polar surface area (TPSA) is 108 Å². The number of aromatic nitrogens is 2. The molecule has 3 aromatic rings. The second-order valence-electron chi connectivity index (χ2n) is 14.3. The van der Waals surface area contributed by atoms with Gasteiger partial charge in [-0.15, -0.1) is 0 Å². The second-order valence-corrected chi connectivity index (χ2v) is 14.3. The van der Waals surface area contributed by atoms with Crippen LogP contribution in [0.4, 0.5) is 0 Å². The van der Waals surface area contributed by atoms with Gasteiger partial charge in [0, 0.05) is 48.6 Å². The number of aryl methyl sites for hydroxylation is 1. The molecule has 1 amide bonds. The number of fused-ring (bicyclic) bond motifs is 3. The maximum absolute atomic E-state index is 14.2. The van der Waals surface area contributed by atoms with Gasteiger partial charge in [-0.3, -0.25) is 19.4 Å². The van der Waals surface area contributed by atoms with Crippen molar-refractivity contribution >= 4 is 28.6 Å². The molecule has 0 radical (unpaired) electrons. The van der Waals surface area contributed by atoms with Crippen LogP contribution in [0.2, 0.25) is 0 Å². The standard InChI is InChI=1S/C40H49N3O6/c1-7-48-39(46)40-22-26(40)13-10-8-9-11-18-43(5)38(45)30-20-27(19-29(30)34(44)23-40)49-36-21-33(32-15-12-14-31(41-32)24(2)3)42-37-25(4)35(47-6)17-16-28(36)37/h10,12-17,21,24,26-27,29-30H,7-9,11,18-20,22-23H2,1-6H3/b13-10-/t26-,27-,29-,30?,40-/m1/s1. The van der Waals surface area contributed by atoms with Crippen molar-refractivity contribution in [3.8, 4) is 22.9 Å². The van der Waals surface area contributed by atoms with Crippen molar-refractivity contribution < 1.29 is 28.6 Å². The molecule has 0 saturated heterocycles.